The summed E-state index contributed by atoms with van der Waals surface area (Å²) in [6.07, 6.45) is 5.03. The summed E-state index contributed by atoms with van der Waals surface area (Å²) in [6.45, 7) is 0. The summed E-state index contributed by atoms with van der Waals surface area (Å²) in [5.74, 6) is 0.101. The van der Waals surface area contributed by atoms with Gasteiger partial charge in [0, 0.05) is 29.5 Å². The van der Waals surface area contributed by atoms with Gasteiger partial charge in [-0.1, -0.05) is 53.0 Å². The normalized spacial score (nSPS) is 12.1. The quantitative estimate of drug-likeness (QED) is 0.363. The number of rotatable bonds is 4. The fourth-order valence-electron chi connectivity index (χ4n) is 3.06. The molecule has 0 saturated heterocycles. The zero-order chi connectivity index (χ0) is 19.7. The number of fused-ring (bicyclic) bond motifs is 1. The maximum absolute atomic E-state index is 10.9. The molecule has 0 aliphatic rings. The molecule has 0 spiro atoms. The highest BCUT2D eigenvalue weighted by molar-refractivity contribution is 6.44. The fourth-order valence-corrected chi connectivity index (χ4v) is 3.66. The Balaban J connectivity index is 1.86. The summed E-state index contributed by atoms with van der Waals surface area (Å²) in [7, 11) is 0. The lowest BCUT2D eigenvalue weighted by molar-refractivity contribution is 0.472. The molecule has 0 aliphatic heterocycles. The highest BCUT2D eigenvalue weighted by atomic mass is 35.5. The van der Waals surface area contributed by atoms with Crippen LogP contribution in [0, 0.1) is 0 Å². The van der Waals surface area contributed by atoms with E-state index in [4.69, 9.17) is 34.8 Å². The predicted octanol–water partition coefficient (Wildman–Crippen LogP) is 6.50. The van der Waals surface area contributed by atoms with Crippen LogP contribution in [-0.2, 0) is 0 Å². The molecule has 0 radical (unpaired) electrons. The Bertz CT molecular complexity index is 1150. The largest absolute Gasteiger partial charge is 0.505 e. The van der Waals surface area contributed by atoms with Crippen LogP contribution in [0.1, 0.15) is 17.2 Å². The molecule has 4 aromatic rings. The average molecular weight is 431 g/mol. The van der Waals surface area contributed by atoms with E-state index >= 15 is 0 Å². The molecule has 2 aromatic carbocycles. The van der Waals surface area contributed by atoms with E-state index in [-0.39, 0.29) is 5.75 Å². The van der Waals surface area contributed by atoms with E-state index in [0.717, 1.165) is 10.9 Å². The molecule has 2 heterocycles. The topological polar surface area (TPSA) is 58.0 Å². The SMILES string of the molecule is Oc1c(C(Nc2cc(Cl)c(Cl)cc2Cl)c2ccncc2)ccc2cccnc12. The molecule has 0 fully saturated rings. The van der Waals surface area contributed by atoms with Gasteiger partial charge in [0.15, 0.2) is 0 Å². The van der Waals surface area contributed by atoms with Crippen molar-refractivity contribution in [3.63, 3.8) is 0 Å². The lowest BCUT2D eigenvalue weighted by Gasteiger charge is -2.23. The van der Waals surface area contributed by atoms with E-state index in [9.17, 15) is 5.11 Å². The first-order valence-electron chi connectivity index (χ1n) is 8.42. The number of phenolic OH excluding ortho intramolecular Hbond substituents is 1. The molecule has 2 N–H and O–H groups in total. The van der Waals surface area contributed by atoms with E-state index in [1.807, 2.05) is 36.4 Å². The molecule has 4 nitrogen and oxygen atoms in total. The Kier molecular flexibility index (Phi) is 5.27. The summed E-state index contributed by atoms with van der Waals surface area (Å²) in [5, 5.41) is 16.3. The standard InChI is InChI=1S/C21H14Cl3N3O/c22-15-10-17(24)18(11-16(15)23)27-19(13-5-8-25-9-6-13)14-4-3-12-2-1-7-26-20(12)21(14)28/h1-11,19,27-28H. The molecule has 0 aliphatic carbocycles. The highest BCUT2D eigenvalue weighted by Crippen LogP contribution is 2.39. The van der Waals surface area contributed by atoms with Crippen molar-refractivity contribution >= 4 is 51.4 Å². The monoisotopic (exact) mass is 429 g/mol. The molecule has 1 unspecified atom stereocenters. The van der Waals surface area contributed by atoms with Crippen molar-refractivity contribution in [1.82, 2.24) is 9.97 Å². The molecular formula is C21H14Cl3N3O. The summed E-state index contributed by atoms with van der Waals surface area (Å²) in [5.41, 5.74) is 2.67. The van der Waals surface area contributed by atoms with Crippen LogP contribution in [0.2, 0.25) is 15.1 Å². The Labute approximate surface area is 176 Å². The molecule has 2 aromatic heterocycles. The minimum atomic E-state index is -0.413. The van der Waals surface area contributed by atoms with E-state index in [1.165, 1.54) is 0 Å². The number of phenols is 1. The second kappa shape index (κ2) is 7.84. The first-order chi connectivity index (χ1) is 13.5. The van der Waals surface area contributed by atoms with Gasteiger partial charge in [-0.25, -0.2) is 0 Å². The predicted molar refractivity (Wildman–Crippen MR) is 115 cm³/mol. The Morgan fingerprint density at radius 2 is 1.61 bits per heavy atom. The molecule has 140 valence electrons. The maximum atomic E-state index is 10.9. The number of benzene rings is 2. The first kappa shape index (κ1) is 18.8. The van der Waals surface area contributed by atoms with Crippen molar-refractivity contribution < 1.29 is 5.11 Å². The summed E-state index contributed by atoms with van der Waals surface area (Å²) in [6, 6.07) is 14.1. The van der Waals surface area contributed by atoms with E-state index in [2.05, 4.69) is 15.3 Å². The van der Waals surface area contributed by atoms with Gasteiger partial charge in [0.1, 0.15) is 11.3 Å². The third-order valence-corrected chi connectivity index (χ3v) is 5.47. The zero-order valence-electron chi connectivity index (χ0n) is 14.4. The van der Waals surface area contributed by atoms with Crippen LogP contribution in [0.25, 0.3) is 10.9 Å². The Morgan fingerprint density at radius 3 is 2.39 bits per heavy atom. The minimum Gasteiger partial charge on any atom is -0.505 e. The number of nitrogens with one attached hydrogen (secondary N) is 1. The van der Waals surface area contributed by atoms with Gasteiger partial charge in [-0.2, -0.15) is 0 Å². The van der Waals surface area contributed by atoms with Crippen molar-refractivity contribution in [3.8, 4) is 5.75 Å². The van der Waals surface area contributed by atoms with Gasteiger partial charge in [-0.15, -0.1) is 0 Å². The van der Waals surface area contributed by atoms with E-state index < -0.39 is 6.04 Å². The molecule has 0 amide bonds. The van der Waals surface area contributed by atoms with Gasteiger partial charge in [0.05, 0.1) is 26.8 Å². The van der Waals surface area contributed by atoms with Crippen LogP contribution in [0.15, 0.2) is 67.1 Å². The third kappa shape index (κ3) is 3.59. The second-order valence-corrected chi connectivity index (χ2v) is 7.40. The Hall–Kier alpha value is -2.53. The number of hydrogen-bond acceptors (Lipinski definition) is 4. The van der Waals surface area contributed by atoms with Crippen LogP contribution in [-0.4, -0.2) is 15.1 Å². The summed E-state index contributed by atoms with van der Waals surface area (Å²) in [4.78, 5) is 8.39. The number of aromatic hydroxyl groups is 1. The molecular weight excluding hydrogens is 417 g/mol. The number of aromatic nitrogens is 2. The van der Waals surface area contributed by atoms with E-state index in [1.54, 1.807) is 30.7 Å². The lowest BCUT2D eigenvalue weighted by Crippen LogP contribution is -2.13. The van der Waals surface area contributed by atoms with Crippen molar-refractivity contribution in [2.75, 3.05) is 5.32 Å². The number of pyridine rings is 2. The molecule has 0 saturated carbocycles. The van der Waals surface area contributed by atoms with Gasteiger partial charge >= 0.3 is 0 Å². The van der Waals surface area contributed by atoms with Crippen LogP contribution in [0.4, 0.5) is 5.69 Å². The first-order valence-corrected chi connectivity index (χ1v) is 9.55. The second-order valence-electron chi connectivity index (χ2n) is 6.18. The maximum Gasteiger partial charge on any atom is 0.147 e. The zero-order valence-corrected chi connectivity index (χ0v) is 16.7. The Morgan fingerprint density at radius 1 is 0.857 bits per heavy atom. The van der Waals surface area contributed by atoms with Crippen LogP contribution < -0.4 is 5.32 Å². The smallest absolute Gasteiger partial charge is 0.147 e. The summed E-state index contributed by atoms with van der Waals surface area (Å²) >= 11 is 18.6. The van der Waals surface area contributed by atoms with Crippen molar-refractivity contribution in [3.05, 3.63) is 93.3 Å². The van der Waals surface area contributed by atoms with Gasteiger partial charge in [0.2, 0.25) is 0 Å². The molecule has 1 atom stereocenters. The lowest BCUT2D eigenvalue weighted by atomic mass is 9.96. The summed E-state index contributed by atoms with van der Waals surface area (Å²) < 4.78 is 0. The van der Waals surface area contributed by atoms with Gasteiger partial charge < -0.3 is 10.4 Å². The molecule has 28 heavy (non-hydrogen) atoms. The number of anilines is 1. The van der Waals surface area contributed by atoms with Crippen molar-refractivity contribution in [1.29, 1.82) is 0 Å². The molecule has 4 rings (SSSR count). The fraction of sp³-hybridized carbons (Fsp3) is 0.0476. The highest BCUT2D eigenvalue weighted by Gasteiger charge is 2.21. The van der Waals surface area contributed by atoms with Crippen LogP contribution >= 0.6 is 34.8 Å². The van der Waals surface area contributed by atoms with Gasteiger partial charge in [-0.05, 0) is 35.9 Å². The van der Waals surface area contributed by atoms with E-state index in [0.29, 0.717) is 31.8 Å². The van der Waals surface area contributed by atoms with Gasteiger partial charge in [-0.3, -0.25) is 9.97 Å². The third-order valence-electron chi connectivity index (χ3n) is 4.44. The number of hydrogen-bond donors (Lipinski definition) is 2. The molecule has 7 heteroatoms. The number of halogens is 3. The van der Waals surface area contributed by atoms with Crippen molar-refractivity contribution in [2.24, 2.45) is 0 Å². The van der Waals surface area contributed by atoms with Gasteiger partial charge in [0.25, 0.3) is 0 Å². The average Bonchev–Trinajstić information content (AvgIpc) is 2.71. The van der Waals surface area contributed by atoms with Crippen LogP contribution in [0.3, 0.4) is 0 Å². The van der Waals surface area contributed by atoms with Crippen molar-refractivity contribution in [2.45, 2.75) is 6.04 Å². The minimum absolute atomic E-state index is 0.101. The van der Waals surface area contributed by atoms with Crippen LogP contribution in [0.5, 0.6) is 5.75 Å². The number of nitrogens with zero attached hydrogens (tertiary/aromatic N) is 2. The molecule has 0 bridgehead atoms.